The van der Waals surface area contributed by atoms with Gasteiger partial charge < -0.3 is 14.1 Å². The summed E-state index contributed by atoms with van der Waals surface area (Å²) in [6.45, 7) is 2.53. The Balaban J connectivity index is 3.30. The molecule has 6 heteroatoms. The molecule has 0 saturated heterocycles. The molecule has 0 aromatic rings. The van der Waals surface area contributed by atoms with Crippen molar-refractivity contribution < 1.29 is 14.1 Å². The fourth-order valence-electron chi connectivity index (χ4n) is 1.09. The van der Waals surface area contributed by atoms with Gasteiger partial charge in [0.05, 0.1) is 13.2 Å². The molecule has 0 rings (SSSR count). The maximum atomic E-state index is 8.75. The van der Waals surface area contributed by atoms with E-state index in [4.69, 9.17) is 14.1 Å². The molecule has 0 aromatic heterocycles. The highest BCUT2D eigenvalue weighted by Crippen LogP contribution is 1.99. The molecule has 0 aliphatic heterocycles. The molecule has 0 heterocycles. The van der Waals surface area contributed by atoms with Crippen molar-refractivity contribution in [1.82, 2.24) is 4.90 Å². The zero-order chi connectivity index (χ0) is 10.6. The summed E-state index contributed by atoms with van der Waals surface area (Å²) >= 11 is 1.40. The monoisotopic (exact) mass is 237 g/mol. The van der Waals surface area contributed by atoms with Crippen LogP contribution in [0.3, 0.4) is 0 Å². The first kappa shape index (κ1) is 14.4. The van der Waals surface area contributed by atoms with E-state index in [0.717, 1.165) is 19.0 Å². The molecule has 0 atom stereocenters. The fraction of sp³-hybridized carbons (Fsp3) is 1.00. The Morgan fingerprint density at radius 1 is 1.21 bits per heavy atom. The lowest BCUT2D eigenvalue weighted by Crippen LogP contribution is -2.30. The Morgan fingerprint density at radius 2 is 1.86 bits per heavy atom. The Labute approximate surface area is 92.8 Å². The van der Waals surface area contributed by atoms with Gasteiger partial charge in [0.25, 0.3) is 9.76 Å². The molecule has 14 heavy (non-hydrogen) atoms. The van der Waals surface area contributed by atoms with Crippen LogP contribution >= 0.6 is 12.0 Å². The van der Waals surface area contributed by atoms with Crippen molar-refractivity contribution in [2.75, 3.05) is 39.1 Å². The van der Waals surface area contributed by atoms with Crippen LogP contribution in [-0.4, -0.2) is 64.0 Å². The molecular formula is C8H19NO3SSi. The molecule has 0 spiro atoms. The van der Waals surface area contributed by atoms with E-state index < -0.39 is 0 Å². The molecular weight excluding hydrogens is 218 g/mol. The maximum Gasteiger partial charge on any atom is 0.251 e. The Kier molecular flexibility index (Phi) is 11.8. The highest BCUT2D eigenvalue weighted by molar-refractivity contribution is 7.94. The third-order valence-corrected chi connectivity index (χ3v) is 3.42. The van der Waals surface area contributed by atoms with Gasteiger partial charge in [-0.2, -0.15) is 0 Å². The van der Waals surface area contributed by atoms with E-state index in [2.05, 4.69) is 4.90 Å². The molecule has 0 bridgehead atoms. The predicted molar refractivity (Wildman–Crippen MR) is 60.4 cm³/mol. The Hall–Kier alpha value is 0.407. The summed E-state index contributed by atoms with van der Waals surface area (Å²) in [4.78, 5) is 2.06. The molecule has 0 aliphatic carbocycles. The molecule has 4 nitrogen and oxygen atoms in total. The van der Waals surface area contributed by atoms with Gasteiger partial charge in [0.15, 0.2) is 0 Å². The van der Waals surface area contributed by atoms with E-state index in [1.54, 1.807) is 0 Å². The number of hydrogen-bond donors (Lipinski definition) is 2. The van der Waals surface area contributed by atoms with Gasteiger partial charge in [0.2, 0.25) is 0 Å². The minimum atomic E-state index is 0.156. The standard InChI is InChI=1S/C8H19NO3SSi/c1-13-12-14-8-2-3-9(4-6-10)5-7-11/h10-11H,2-8H2,1H3. The summed E-state index contributed by atoms with van der Waals surface area (Å²) in [6, 6.07) is 1.05. The second-order valence-electron chi connectivity index (χ2n) is 2.79. The van der Waals surface area contributed by atoms with E-state index >= 15 is 0 Å². The Bertz CT molecular complexity index is 115. The van der Waals surface area contributed by atoms with Crippen LogP contribution in [0.15, 0.2) is 0 Å². The maximum absolute atomic E-state index is 8.75. The summed E-state index contributed by atoms with van der Waals surface area (Å²) in [5.74, 6) is 0. The van der Waals surface area contributed by atoms with Gasteiger partial charge in [-0.05, 0) is 31.1 Å². The van der Waals surface area contributed by atoms with Crippen molar-refractivity contribution in [1.29, 1.82) is 0 Å². The van der Waals surface area contributed by atoms with Gasteiger partial charge in [-0.1, -0.05) is 0 Å². The van der Waals surface area contributed by atoms with Crippen LogP contribution in [0, 0.1) is 0 Å². The van der Waals surface area contributed by atoms with E-state index in [9.17, 15) is 0 Å². The second kappa shape index (κ2) is 11.5. The predicted octanol–water partition coefficient (Wildman–Crippen LogP) is -0.00480. The number of hydrogen-bond acceptors (Lipinski definition) is 5. The van der Waals surface area contributed by atoms with Crippen molar-refractivity contribution >= 4 is 21.8 Å². The summed E-state index contributed by atoms with van der Waals surface area (Å²) < 4.78 is 5.16. The van der Waals surface area contributed by atoms with Crippen LogP contribution in [0.5, 0.6) is 0 Å². The van der Waals surface area contributed by atoms with E-state index in [1.165, 1.54) is 12.0 Å². The van der Waals surface area contributed by atoms with Gasteiger partial charge in [0.1, 0.15) is 0 Å². The molecule has 84 valence electrons. The minimum absolute atomic E-state index is 0.156. The largest absolute Gasteiger partial charge is 0.395 e. The topological polar surface area (TPSA) is 52.9 Å². The zero-order valence-electron chi connectivity index (χ0n) is 8.61. The minimum Gasteiger partial charge on any atom is -0.395 e. The van der Waals surface area contributed by atoms with Crippen LogP contribution in [0.2, 0.25) is 6.04 Å². The third kappa shape index (κ3) is 8.98. The number of aliphatic hydroxyl groups excluding tert-OH is 2. The molecule has 0 unspecified atom stereocenters. The first-order valence-electron chi connectivity index (χ1n) is 4.71. The smallest absolute Gasteiger partial charge is 0.251 e. The van der Waals surface area contributed by atoms with Gasteiger partial charge in [0, 0.05) is 19.3 Å². The van der Waals surface area contributed by atoms with Gasteiger partial charge in [-0.25, -0.2) is 0 Å². The normalized spacial score (nSPS) is 11.1. The lowest BCUT2D eigenvalue weighted by Gasteiger charge is -2.19. The van der Waals surface area contributed by atoms with Crippen LogP contribution in [-0.2, 0) is 3.87 Å². The molecule has 0 amide bonds. The molecule has 0 fully saturated rings. The first-order valence-corrected chi connectivity index (χ1v) is 6.98. The molecule has 2 radical (unpaired) electrons. The van der Waals surface area contributed by atoms with Crippen LogP contribution in [0.25, 0.3) is 0 Å². The quantitative estimate of drug-likeness (QED) is 0.318. The molecule has 2 N–H and O–H groups in total. The highest BCUT2D eigenvalue weighted by atomic mass is 32.2. The average molecular weight is 237 g/mol. The summed E-state index contributed by atoms with van der Waals surface area (Å²) in [5.41, 5.74) is 0. The first-order chi connectivity index (χ1) is 6.85. The summed E-state index contributed by atoms with van der Waals surface area (Å²) in [6.07, 6.45) is 2.97. The van der Waals surface area contributed by atoms with E-state index in [-0.39, 0.29) is 13.2 Å². The Morgan fingerprint density at radius 3 is 2.36 bits per heavy atom. The van der Waals surface area contributed by atoms with Crippen molar-refractivity contribution in [3.05, 3.63) is 0 Å². The van der Waals surface area contributed by atoms with Crippen LogP contribution in [0.4, 0.5) is 0 Å². The third-order valence-electron chi connectivity index (χ3n) is 1.73. The van der Waals surface area contributed by atoms with Crippen molar-refractivity contribution in [2.24, 2.45) is 0 Å². The number of nitrogens with zero attached hydrogens (tertiary/aromatic N) is 1. The van der Waals surface area contributed by atoms with Gasteiger partial charge >= 0.3 is 0 Å². The summed E-state index contributed by atoms with van der Waals surface area (Å²) in [5, 5.41) is 17.5. The molecule has 0 aromatic carbocycles. The highest BCUT2D eigenvalue weighted by Gasteiger charge is 2.02. The van der Waals surface area contributed by atoms with Gasteiger partial charge in [-0.15, -0.1) is 0 Å². The van der Waals surface area contributed by atoms with E-state index in [0.29, 0.717) is 22.9 Å². The van der Waals surface area contributed by atoms with E-state index in [1.807, 2.05) is 6.26 Å². The second-order valence-corrected chi connectivity index (χ2v) is 4.58. The zero-order valence-corrected chi connectivity index (χ0v) is 10.4. The molecule has 0 aliphatic rings. The van der Waals surface area contributed by atoms with Crippen LogP contribution < -0.4 is 0 Å². The SMILES string of the molecule is CSO[Si]CCCN(CCO)CCO. The fourth-order valence-corrected chi connectivity index (χ4v) is 2.20. The lowest BCUT2D eigenvalue weighted by molar-refractivity contribution is 0.161. The number of aliphatic hydroxyl groups is 2. The average Bonchev–Trinajstić information content (AvgIpc) is 2.18. The van der Waals surface area contributed by atoms with Crippen LogP contribution in [0.1, 0.15) is 6.42 Å². The lowest BCUT2D eigenvalue weighted by atomic mass is 10.4. The van der Waals surface area contributed by atoms with Crippen molar-refractivity contribution in [3.8, 4) is 0 Å². The number of rotatable bonds is 10. The van der Waals surface area contributed by atoms with Crippen molar-refractivity contribution in [3.63, 3.8) is 0 Å². The molecule has 0 saturated carbocycles. The van der Waals surface area contributed by atoms with Crippen molar-refractivity contribution in [2.45, 2.75) is 12.5 Å². The van der Waals surface area contributed by atoms with Gasteiger partial charge in [-0.3, -0.25) is 4.90 Å². The summed E-state index contributed by atoms with van der Waals surface area (Å²) in [7, 11) is 0.547.